The van der Waals surface area contributed by atoms with Gasteiger partial charge in [0.05, 0.1) is 5.60 Å². The lowest BCUT2D eigenvalue weighted by Gasteiger charge is -2.35. The van der Waals surface area contributed by atoms with E-state index in [0.717, 1.165) is 12.8 Å². The Labute approximate surface area is 114 Å². The zero-order valence-corrected chi connectivity index (χ0v) is 13.0. The van der Waals surface area contributed by atoms with Crippen LogP contribution < -0.4 is 11.3 Å². The normalized spacial score (nSPS) is 28.1. The van der Waals surface area contributed by atoms with E-state index in [1.165, 1.54) is 11.5 Å². The molecule has 0 aromatic carbocycles. The van der Waals surface area contributed by atoms with Crippen molar-refractivity contribution in [1.29, 1.82) is 0 Å². The average Bonchev–Trinajstić information content (AvgIpc) is 2.32. The molecule has 0 amide bonds. The van der Waals surface area contributed by atoms with E-state index >= 15 is 0 Å². The molecule has 3 N–H and O–H groups in total. The van der Waals surface area contributed by atoms with Crippen molar-refractivity contribution in [3.8, 4) is 0 Å². The van der Waals surface area contributed by atoms with E-state index in [-0.39, 0.29) is 5.60 Å². The minimum atomic E-state index is -0.0508. The Bertz CT molecular complexity index is 227. The van der Waals surface area contributed by atoms with Gasteiger partial charge in [0.15, 0.2) is 0 Å². The molecule has 102 valence electrons. The van der Waals surface area contributed by atoms with Crippen LogP contribution in [0.15, 0.2) is 0 Å². The van der Waals surface area contributed by atoms with Gasteiger partial charge in [-0.3, -0.25) is 11.3 Å². The van der Waals surface area contributed by atoms with Crippen molar-refractivity contribution in [2.45, 2.75) is 55.8 Å². The quantitative estimate of drug-likeness (QED) is 0.576. The molecule has 0 aliphatic carbocycles. The van der Waals surface area contributed by atoms with Gasteiger partial charge in [-0.2, -0.15) is 23.5 Å². The van der Waals surface area contributed by atoms with Crippen LogP contribution >= 0.6 is 23.5 Å². The summed E-state index contributed by atoms with van der Waals surface area (Å²) in [5.74, 6) is 8.23. The Morgan fingerprint density at radius 2 is 2.06 bits per heavy atom. The molecular weight excluding hydrogens is 252 g/mol. The van der Waals surface area contributed by atoms with Crippen molar-refractivity contribution in [1.82, 2.24) is 5.43 Å². The largest absolute Gasteiger partial charge is 0.379 e. The Kier molecular flexibility index (Phi) is 6.66. The van der Waals surface area contributed by atoms with E-state index in [4.69, 9.17) is 10.6 Å². The molecule has 0 saturated carbocycles. The van der Waals surface area contributed by atoms with Crippen LogP contribution in [0.3, 0.4) is 0 Å². The monoisotopic (exact) mass is 278 g/mol. The third-order valence-electron chi connectivity index (χ3n) is 3.46. The number of nitrogens with two attached hydrogens (primary N) is 1. The van der Waals surface area contributed by atoms with Crippen LogP contribution in [0.2, 0.25) is 0 Å². The second kappa shape index (κ2) is 7.24. The summed E-state index contributed by atoms with van der Waals surface area (Å²) >= 11 is 4.12. The maximum Gasteiger partial charge on any atom is 0.0623 e. The van der Waals surface area contributed by atoms with Gasteiger partial charge in [-0.1, -0.05) is 6.92 Å². The summed E-state index contributed by atoms with van der Waals surface area (Å²) in [5, 5.41) is 1.30. The van der Waals surface area contributed by atoms with Crippen LogP contribution in [-0.2, 0) is 4.74 Å². The summed E-state index contributed by atoms with van der Waals surface area (Å²) in [6, 6.07) is 0.386. The second-order valence-corrected chi connectivity index (χ2v) is 7.96. The zero-order valence-electron chi connectivity index (χ0n) is 11.4. The van der Waals surface area contributed by atoms with Gasteiger partial charge >= 0.3 is 0 Å². The number of nitrogens with one attached hydrogen (secondary N) is 1. The summed E-state index contributed by atoms with van der Waals surface area (Å²) in [4.78, 5) is 0. The van der Waals surface area contributed by atoms with Crippen molar-refractivity contribution >= 4 is 23.5 Å². The molecule has 0 spiro atoms. The van der Waals surface area contributed by atoms with E-state index in [9.17, 15) is 0 Å². The molecule has 1 heterocycles. The topological polar surface area (TPSA) is 47.3 Å². The molecule has 3 unspecified atom stereocenters. The highest BCUT2D eigenvalue weighted by molar-refractivity contribution is 8.07. The number of ether oxygens (including phenoxy) is 1. The highest BCUT2D eigenvalue weighted by atomic mass is 32.2. The molecule has 3 atom stereocenters. The third kappa shape index (κ3) is 4.99. The molecular formula is C12H26N2OS2. The Hall–Kier alpha value is 0.580. The Balaban J connectivity index is 2.47. The smallest absolute Gasteiger partial charge is 0.0623 e. The lowest BCUT2D eigenvalue weighted by atomic mass is 9.96. The van der Waals surface area contributed by atoms with Crippen molar-refractivity contribution in [2.75, 3.05) is 18.6 Å². The molecule has 17 heavy (non-hydrogen) atoms. The van der Waals surface area contributed by atoms with Crippen LogP contribution in [-0.4, -0.2) is 40.8 Å². The molecule has 0 aromatic rings. The number of hydrazine groups is 1. The fourth-order valence-corrected chi connectivity index (χ4v) is 5.02. The van der Waals surface area contributed by atoms with Crippen molar-refractivity contribution in [2.24, 2.45) is 5.84 Å². The third-order valence-corrected chi connectivity index (χ3v) is 6.71. The lowest BCUT2D eigenvalue weighted by Crippen LogP contribution is -2.48. The predicted molar refractivity (Wildman–Crippen MR) is 79.6 cm³/mol. The van der Waals surface area contributed by atoms with Crippen LogP contribution in [0.5, 0.6) is 0 Å². The Morgan fingerprint density at radius 3 is 2.59 bits per heavy atom. The lowest BCUT2D eigenvalue weighted by molar-refractivity contribution is 0.0117. The molecule has 1 fully saturated rings. The van der Waals surface area contributed by atoms with Crippen LogP contribution in [0.4, 0.5) is 0 Å². The first-order valence-corrected chi connectivity index (χ1v) is 8.34. The second-order valence-electron chi connectivity index (χ2n) is 5.19. The van der Waals surface area contributed by atoms with Gasteiger partial charge in [-0.05, 0) is 26.7 Å². The SMILES string of the molecule is COC(C)(C)CCC(NN)C1SCCSC1C. The highest BCUT2D eigenvalue weighted by Gasteiger charge is 2.31. The minimum absolute atomic E-state index is 0.0508. The van der Waals surface area contributed by atoms with Gasteiger partial charge in [-0.15, -0.1) is 0 Å². The number of methoxy groups -OCH3 is 1. The van der Waals surface area contributed by atoms with Crippen molar-refractivity contribution < 1.29 is 4.74 Å². The number of rotatable bonds is 6. The molecule has 0 aromatic heterocycles. The molecule has 1 aliphatic rings. The van der Waals surface area contributed by atoms with Gasteiger partial charge in [0.25, 0.3) is 0 Å². The van der Waals surface area contributed by atoms with Crippen molar-refractivity contribution in [3.05, 3.63) is 0 Å². The number of hydrogen-bond acceptors (Lipinski definition) is 5. The van der Waals surface area contributed by atoms with Crippen molar-refractivity contribution in [3.63, 3.8) is 0 Å². The summed E-state index contributed by atoms with van der Waals surface area (Å²) in [6.07, 6.45) is 2.10. The van der Waals surface area contributed by atoms with E-state index in [1.54, 1.807) is 7.11 Å². The molecule has 3 nitrogen and oxygen atoms in total. The van der Waals surface area contributed by atoms with E-state index < -0.39 is 0 Å². The molecule has 0 bridgehead atoms. The first-order valence-electron chi connectivity index (χ1n) is 6.24. The molecule has 1 saturated heterocycles. The summed E-state index contributed by atoms with van der Waals surface area (Å²) in [5.41, 5.74) is 2.96. The maximum absolute atomic E-state index is 5.72. The highest BCUT2D eigenvalue weighted by Crippen LogP contribution is 2.34. The molecule has 0 radical (unpaired) electrons. The van der Waals surface area contributed by atoms with Gasteiger partial charge in [0, 0.05) is 35.2 Å². The molecule has 1 aliphatic heterocycles. The molecule has 5 heteroatoms. The first-order chi connectivity index (χ1) is 8.00. The van der Waals surface area contributed by atoms with Gasteiger partial charge in [0.1, 0.15) is 0 Å². The number of thioether (sulfide) groups is 2. The fraction of sp³-hybridized carbons (Fsp3) is 1.00. The van der Waals surface area contributed by atoms with E-state index in [1.807, 2.05) is 0 Å². The summed E-state index contributed by atoms with van der Waals surface area (Å²) in [7, 11) is 1.78. The van der Waals surface area contributed by atoms with Gasteiger partial charge < -0.3 is 4.74 Å². The van der Waals surface area contributed by atoms with E-state index in [0.29, 0.717) is 16.5 Å². The zero-order chi connectivity index (χ0) is 12.9. The average molecular weight is 278 g/mol. The number of hydrogen-bond donors (Lipinski definition) is 2. The Morgan fingerprint density at radius 1 is 1.41 bits per heavy atom. The van der Waals surface area contributed by atoms with Crippen LogP contribution in [0, 0.1) is 0 Å². The summed E-state index contributed by atoms with van der Waals surface area (Å²) in [6.45, 7) is 6.58. The maximum atomic E-state index is 5.72. The first kappa shape index (κ1) is 15.6. The standard InChI is InChI=1S/C12H26N2OS2/c1-9-11(17-8-7-16-9)10(14-13)5-6-12(2,3)15-4/h9-11,14H,5-8,13H2,1-4H3. The van der Waals surface area contributed by atoms with Gasteiger partial charge in [-0.25, -0.2) is 0 Å². The minimum Gasteiger partial charge on any atom is -0.379 e. The summed E-state index contributed by atoms with van der Waals surface area (Å²) < 4.78 is 5.47. The molecule has 1 rings (SSSR count). The fourth-order valence-electron chi connectivity index (χ4n) is 2.04. The predicted octanol–water partition coefficient (Wildman–Crippen LogP) is 2.26. The van der Waals surface area contributed by atoms with Crippen LogP contribution in [0.25, 0.3) is 0 Å². The van der Waals surface area contributed by atoms with Gasteiger partial charge in [0.2, 0.25) is 0 Å². The van der Waals surface area contributed by atoms with E-state index in [2.05, 4.69) is 49.7 Å². The van der Waals surface area contributed by atoms with Crippen LogP contribution in [0.1, 0.15) is 33.6 Å².